The number of methoxy groups -OCH3 is 1. The van der Waals surface area contributed by atoms with Gasteiger partial charge >= 0.3 is 5.97 Å². The first kappa shape index (κ1) is 16.3. The van der Waals surface area contributed by atoms with Crippen LogP contribution < -0.4 is 0 Å². The van der Waals surface area contributed by atoms with Crippen LogP contribution in [0.4, 0.5) is 4.39 Å². The maximum atomic E-state index is 14.5. The number of nitrogens with zero attached hydrogens (tertiary/aromatic N) is 4. The Morgan fingerprint density at radius 1 is 1.38 bits per heavy atom. The Morgan fingerprint density at radius 2 is 2.12 bits per heavy atom. The highest BCUT2D eigenvalue weighted by atomic mass is 19.1. The molecule has 1 aliphatic rings. The standard InChI is InChI=1S/C17H19FN4O2/c1-11-19-20-21-22(11)16-8-7-13(10-15(16)18)14(17(23)24-2)9-12-5-3-4-6-12/h7-10,12H,3-6H2,1-2H3. The monoisotopic (exact) mass is 330 g/mol. The lowest BCUT2D eigenvalue weighted by Gasteiger charge is -2.11. The average molecular weight is 330 g/mol. The van der Waals surface area contributed by atoms with Gasteiger partial charge in [-0.25, -0.2) is 9.18 Å². The Hall–Kier alpha value is -2.57. The highest BCUT2D eigenvalue weighted by Gasteiger charge is 2.20. The van der Waals surface area contributed by atoms with Crippen LogP contribution in [0.1, 0.15) is 37.1 Å². The van der Waals surface area contributed by atoms with Gasteiger partial charge in [-0.3, -0.25) is 0 Å². The van der Waals surface area contributed by atoms with Gasteiger partial charge in [0.25, 0.3) is 0 Å². The van der Waals surface area contributed by atoms with Gasteiger partial charge in [0.05, 0.1) is 12.7 Å². The van der Waals surface area contributed by atoms with Crippen molar-refractivity contribution < 1.29 is 13.9 Å². The molecule has 7 heteroatoms. The molecule has 0 saturated heterocycles. The van der Waals surface area contributed by atoms with E-state index in [1.54, 1.807) is 19.1 Å². The number of tetrazole rings is 1. The summed E-state index contributed by atoms with van der Waals surface area (Å²) in [7, 11) is 1.33. The number of allylic oxidation sites excluding steroid dienone is 1. The van der Waals surface area contributed by atoms with Crippen molar-refractivity contribution in [1.82, 2.24) is 20.2 Å². The Morgan fingerprint density at radius 3 is 2.71 bits per heavy atom. The number of benzene rings is 1. The maximum absolute atomic E-state index is 14.5. The minimum Gasteiger partial charge on any atom is -0.465 e. The first-order chi connectivity index (χ1) is 11.6. The van der Waals surface area contributed by atoms with Gasteiger partial charge in [-0.2, -0.15) is 4.68 Å². The first-order valence-corrected chi connectivity index (χ1v) is 7.95. The fourth-order valence-electron chi connectivity index (χ4n) is 3.05. The van der Waals surface area contributed by atoms with Crippen LogP contribution in [-0.2, 0) is 9.53 Å². The molecule has 1 aromatic heterocycles. The summed E-state index contributed by atoms with van der Waals surface area (Å²) in [6.07, 6.45) is 6.31. The van der Waals surface area contributed by atoms with Crippen molar-refractivity contribution >= 4 is 11.5 Å². The van der Waals surface area contributed by atoms with Crippen molar-refractivity contribution in [3.05, 3.63) is 41.5 Å². The number of hydrogen-bond acceptors (Lipinski definition) is 5. The van der Waals surface area contributed by atoms with Gasteiger partial charge in [-0.1, -0.05) is 25.0 Å². The molecule has 1 aliphatic carbocycles. The van der Waals surface area contributed by atoms with Crippen molar-refractivity contribution in [2.24, 2.45) is 5.92 Å². The number of carbonyl (C=O) groups excluding carboxylic acids is 1. The Balaban J connectivity index is 1.98. The summed E-state index contributed by atoms with van der Waals surface area (Å²) in [5.41, 5.74) is 1.15. The van der Waals surface area contributed by atoms with Crippen molar-refractivity contribution in [2.45, 2.75) is 32.6 Å². The number of aromatic nitrogens is 4. The van der Waals surface area contributed by atoms with Gasteiger partial charge in [-0.15, -0.1) is 5.10 Å². The van der Waals surface area contributed by atoms with Gasteiger partial charge in [0.15, 0.2) is 5.82 Å². The molecule has 0 bridgehead atoms. The van der Waals surface area contributed by atoms with E-state index in [0.717, 1.165) is 25.7 Å². The van der Waals surface area contributed by atoms with Crippen LogP contribution in [0.2, 0.25) is 0 Å². The fourth-order valence-corrected chi connectivity index (χ4v) is 3.05. The van der Waals surface area contributed by atoms with Crippen LogP contribution in [0.25, 0.3) is 11.3 Å². The molecule has 1 fully saturated rings. The molecule has 0 atom stereocenters. The predicted molar refractivity (Wildman–Crippen MR) is 85.8 cm³/mol. The van der Waals surface area contributed by atoms with Crippen molar-refractivity contribution in [3.63, 3.8) is 0 Å². The van der Waals surface area contributed by atoms with Crippen molar-refractivity contribution in [1.29, 1.82) is 0 Å². The molecule has 3 rings (SSSR count). The predicted octanol–water partition coefficient (Wildman–Crippen LogP) is 2.86. The molecular weight excluding hydrogens is 311 g/mol. The third-order valence-corrected chi connectivity index (χ3v) is 4.32. The zero-order valence-electron chi connectivity index (χ0n) is 13.7. The lowest BCUT2D eigenvalue weighted by Crippen LogP contribution is -2.08. The molecule has 1 aromatic carbocycles. The Labute approximate surface area is 139 Å². The van der Waals surface area contributed by atoms with E-state index in [-0.39, 0.29) is 5.69 Å². The summed E-state index contributed by atoms with van der Waals surface area (Å²) in [6, 6.07) is 4.59. The van der Waals surface area contributed by atoms with Crippen LogP contribution in [0.15, 0.2) is 24.3 Å². The van der Waals surface area contributed by atoms with E-state index in [0.29, 0.717) is 22.9 Å². The van der Waals surface area contributed by atoms with E-state index < -0.39 is 11.8 Å². The highest BCUT2D eigenvalue weighted by molar-refractivity contribution is 6.16. The van der Waals surface area contributed by atoms with Gasteiger partial charge in [0.1, 0.15) is 11.5 Å². The largest absolute Gasteiger partial charge is 0.465 e. The minimum absolute atomic E-state index is 0.242. The average Bonchev–Trinajstić information content (AvgIpc) is 3.23. The van der Waals surface area contributed by atoms with Gasteiger partial charge < -0.3 is 4.74 Å². The summed E-state index contributed by atoms with van der Waals surface area (Å²) < 4.78 is 20.7. The molecule has 0 unspecified atom stereocenters. The topological polar surface area (TPSA) is 69.9 Å². The minimum atomic E-state index is -0.496. The van der Waals surface area contributed by atoms with Gasteiger partial charge in [0, 0.05) is 0 Å². The third-order valence-electron chi connectivity index (χ3n) is 4.32. The van der Waals surface area contributed by atoms with Crippen LogP contribution in [0, 0.1) is 18.7 Å². The number of rotatable bonds is 4. The van der Waals surface area contributed by atoms with Crippen LogP contribution in [0.5, 0.6) is 0 Å². The molecule has 24 heavy (non-hydrogen) atoms. The molecule has 0 amide bonds. The lowest BCUT2D eigenvalue weighted by molar-refractivity contribution is -0.133. The molecule has 0 N–H and O–H groups in total. The second kappa shape index (κ2) is 6.90. The van der Waals surface area contributed by atoms with Gasteiger partial charge in [-0.05, 0) is 53.8 Å². The molecule has 126 valence electrons. The summed E-state index contributed by atoms with van der Waals surface area (Å²) in [4.78, 5) is 12.1. The zero-order chi connectivity index (χ0) is 17.1. The molecule has 6 nitrogen and oxygen atoms in total. The maximum Gasteiger partial charge on any atom is 0.338 e. The quantitative estimate of drug-likeness (QED) is 0.637. The lowest BCUT2D eigenvalue weighted by atomic mass is 9.98. The molecule has 0 aliphatic heterocycles. The molecule has 1 saturated carbocycles. The molecule has 1 heterocycles. The van der Waals surface area contributed by atoms with E-state index in [1.807, 2.05) is 6.08 Å². The summed E-state index contributed by atoms with van der Waals surface area (Å²) >= 11 is 0. The normalized spacial score (nSPS) is 15.7. The van der Waals surface area contributed by atoms with Crippen molar-refractivity contribution in [2.75, 3.05) is 7.11 Å². The number of hydrogen-bond donors (Lipinski definition) is 0. The number of halogens is 1. The number of aryl methyl sites for hydroxylation is 1. The van der Waals surface area contributed by atoms with E-state index in [2.05, 4.69) is 15.5 Å². The Bertz CT molecular complexity index is 779. The smallest absolute Gasteiger partial charge is 0.338 e. The van der Waals surface area contributed by atoms with E-state index in [9.17, 15) is 9.18 Å². The third kappa shape index (κ3) is 3.20. The van der Waals surface area contributed by atoms with Crippen LogP contribution in [0.3, 0.4) is 0 Å². The fraction of sp³-hybridized carbons (Fsp3) is 0.412. The van der Waals surface area contributed by atoms with Gasteiger partial charge in [0.2, 0.25) is 0 Å². The molecule has 2 aromatic rings. The van der Waals surface area contributed by atoms with E-state index in [1.165, 1.54) is 17.9 Å². The van der Waals surface area contributed by atoms with E-state index >= 15 is 0 Å². The summed E-state index contributed by atoms with van der Waals surface area (Å²) in [6.45, 7) is 1.69. The van der Waals surface area contributed by atoms with Crippen LogP contribution >= 0.6 is 0 Å². The molecule has 0 radical (unpaired) electrons. The number of esters is 1. The SMILES string of the molecule is COC(=O)C(=CC1CCCC1)c1ccc(-n2nnnc2C)c(F)c1. The second-order valence-corrected chi connectivity index (χ2v) is 5.92. The van der Waals surface area contributed by atoms with E-state index in [4.69, 9.17) is 4.74 Å². The number of carbonyl (C=O) groups is 1. The highest BCUT2D eigenvalue weighted by Crippen LogP contribution is 2.30. The summed E-state index contributed by atoms with van der Waals surface area (Å²) in [5, 5.41) is 11.0. The Kier molecular flexibility index (Phi) is 4.69. The first-order valence-electron chi connectivity index (χ1n) is 7.95. The zero-order valence-corrected chi connectivity index (χ0v) is 13.7. The van der Waals surface area contributed by atoms with Crippen molar-refractivity contribution in [3.8, 4) is 5.69 Å². The molecule has 0 spiro atoms. The second-order valence-electron chi connectivity index (χ2n) is 5.92. The summed E-state index contributed by atoms with van der Waals surface area (Å²) in [5.74, 6) is -0.128. The molecular formula is C17H19FN4O2. The van der Waals surface area contributed by atoms with Crippen LogP contribution in [-0.4, -0.2) is 33.3 Å². The number of ether oxygens (including phenoxy) is 1.